The number of aromatic nitrogens is 1. The zero-order valence-electron chi connectivity index (χ0n) is 13.9. The molecule has 128 valence electrons. The summed E-state index contributed by atoms with van der Waals surface area (Å²) in [5.74, 6) is -0.363. The zero-order chi connectivity index (χ0) is 17.7. The van der Waals surface area contributed by atoms with E-state index in [1.165, 1.54) is 0 Å². The molecule has 0 aliphatic carbocycles. The van der Waals surface area contributed by atoms with Crippen molar-refractivity contribution in [1.29, 1.82) is 0 Å². The van der Waals surface area contributed by atoms with Crippen molar-refractivity contribution in [2.24, 2.45) is 0 Å². The molecule has 1 amide bonds. The molecule has 2 aromatic rings. The molecule has 0 unspecified atom stereocenters. The molecule has 1 aromatic heterocycles. The third kappa shape index (κ3) is 4.55. The van der Waals surface area contributed by atoms with Crippen molar-refractivity contribution in [2.45, 2.75) is 26.4 Å². The van der Waals surface area contributed by atoms with E-state index in [-0.39, 0.29) is 5.91 Å². The Morgan fingerprint density at radius 3 is 2.29 bits per heavy atom. The van der Waals surface area contributed by atoms with Gasteiger partial charge in [0.1, 0.15) is 6.04 Å². The Bertz CT molecular complexity index is 790. The Morgan fingerprint density at radius 1 is 1.17 bits per heavy atom. The van der Waals surface area contributed by atoms with E-state index in [1.54, 1.807) is 43.6 Å². The first kappa shape index (κ1) is 17.9. The number of benzene rings is 1. The van der Waals surface area contributed by atoms with Crippen molar-refractivity contribution >= 4 is 21.6 Å². The molecule has 0 radical (unpaired) electrons. The van der Waals surface area contributed by atoms with E-state index in [0.29, 0.717) is 12.2 Å². The van der Waals surface area contributed by atoms with Crippen LogP contribution in [-0.4, -0.2) is 31.6 Å². The largest absolute Gasteiger partial charge is 0.350 e. The number of rotatable bonds is 6. The molecule has 1 heterocycles. The summed E-state index contributed by atoms with van der Waals surface area (Å²) in [6.07, 6.45) is 4.37. The van der Waals surface area contributed by atoms with Crippen LogP contribution in [0, 0.1) is 6.92 Å². The fourth-order valence-electron chi connectivity index (χ4n) is 2.34. The van der Waals surface area contributed by atoms with Crippen LogP contribution in [-0.2, 0) is 21.4 Å². The lowest BCUT2D eigenvalue weighted by Gasteiger charge is -2.28. The van der Waals surface area contributed by atoms with Gasteiger partial charge in [0.2, 0.25) is 15.9 Å². The van der Waals surface area contributed by atoms with Crippen LogP contribution in [0.2, 0.25) is 0 Å². The van der Waals surface area contributed by atoms with Crippen LogP contribution in [0.3, 0.4) is 0 Å². The lowest BCUT2D eigenvalue weighted by molar-refractivity contribution is -0.122. The average molecular weight is 347 g/mol. The Hall–Kier alpha value is -2.41. The molecule has 0 spiro atoms. The Morgan fingerprint density at radius 2 is 1.75 bits per heavy atom. The van der Waals surface area contributed by atoms with Crippen molar-refractivity contribution in [3.05, 3.63) is 59.9 Å². The number of hydrogen-bond donors (Lipinski definition) is 1. The van der Waals surface area contributed by atoms with Crippen LogP contribution < -0.4 is 9.62 Å². The molecule has 1 atom stereocenters. The summed E-state index contributed by atoms with van der Waals surface area (Å²) in [6, 6.07) is 9.75. The van der Waals surface area contributed by atoms with Crippen molar-refractivity contribution < 1.29 is 13.2 Å². The number of hydrogen-bond acceptors (Lipinski definition) is 4. The van der Waals surface area contributed by atoms with Crippen molar-refractivity contribution in [1.82, 2.24) is 10.3 Å². The highest BCUT2D eigenvalue weighted by Crippen LogP contribution is 2.21. The van der Waals surface area contributed by atoms with E-state index in [9.17, 15) is 13.2 Å². The molecular formula is C17H21N3O3S. The third-order valence-electron chi connectivity index (χ3n) is 3.59. The second kappa shape index (κ2) is 7.44. The minimum atomic E-state index is -3.60. The van der Waals surface area contributed by atoms with E-state index < -0.39 is 16.1 Å². The molecule has 1 aromatic carbocycles. The van der Waals surface area contributed by atoms with Gasteiger partial charge in [0.25, 0.3) is 0 Å². The van der Waals surface area contributed by atoms with E-state index in [1.807, 2.05) is 19.1 Å². The molecule has 0 bridgehead atoms. The molecule has 7 heteroatoms. The number of aryl methyl sites for hydroxylation is 1. The van der Waals surface area contributed by atoms with E-state index in [0.717, 1.165) is 21.7 Å². The topological polar surface area (TPSA) is 79.4 Å². The lowest BCUT2D eigenvalue weighted by atomic mass is 10.2. The van der Waals surface area contributed by atoms with Crippen LogP contribution in [0.4, 0.5) is 5.69 Å². The number of amides is 1. The maximum atomic E-state index is 12.4. The van der Waals surface area contributed by atoms with Crippen LogP contribution in [0.1, 0.15) is 18.1 Å². The van der Waals surface area contributed by atoms with Gasteiger partial charge in [0, 0.05) is 18.9 Å². The number of carbonyl (C=O) groups excluding carboxylic acids is 1. The van der Waals surface area contributed by atoms with Gasteiger partial charge >= 0.3 is 0 Å². The Balaban J connectivity index is 2.17. The Kier molecular flexibility index (Phi) is 5.56. The predicted octanol–water partition coefficient (Wildman–Crippen LogP) is 1.86. The van der Waals surface area contributed by atoms with Gasteiger partial charge in [0.15, 0.2) is 0 Å². The number of nitrogens with zero attached hydrogens (tertiary/aromatic N) is 2. The summed E-state index contributed by atoms with van der Waals surface area (Å²) in [6.45, 7) is 3.80. The van der Waals surface area contributed by atoms with Gasteiger partial charge in [-0.25, -0.2) is 8.42 Å². The first-order valence-electron chi connectivity index (χ1n) is 7.51. The monoisotopic (exact) mass is 347 g/mol. The lowest BCUT2D eigenvalue weighted by Crippen LogP contribution is -2.47. The van der Waals surface area contributed by atoms with Crippen LogP contribution >= 0.6 is 0 Å². The summed E-state index contributed by atoms with van der Waals surface area (Å²) in [5, 5.41) is 2.76. The summed E-state index contributed by atoms with van der Waals surface area (Å²) < 4.78 is 25.5. The summed E-state index contributed by atoms with van der Waals surface area (Å²) in [5.41, 5.74) is 2.38. The fourth-order valence-corrected chi connectivity index (χ4v) is 3.51. The number of anilines is 1. The molecule has 0 saturated heterocycles. The smallest absolute Gasteiger partial charge is 0.243 e. The van der Waals surface area contributed by atoms with Gasteiger partial charge in [0.05, 0.1) is 11.9 Å². The van der Waals surface area contributed by atoms with Crippen molar-refractivity contribution in [3.8, 4) is 0 Å². The maximum absolute atomic E-state index is 12.4. The summed E-state index contributed by atoms with van der Waals surface area (Å²) >= 11 is 0. The van der Waals surface area contributed by atoms with Gasteiger partial charge in [-0.3, -0.25) is 14.1 Å². The number of pyridine rings is 1. The highest BCUT2D eigenvalue weighted by atomic mass is 32.2. The minimum absolute atomic E-state index is 0.317. The molecule has 0 aliphatic heterocycles. The van der Waals surface area contributed by atoms with Crippen molar-refractivity contribution in [3.63, 3.8) is 0 Å². The fraction of sp³-hybridized carbons (Fsp3) is 0.294. The minimum Gasteiger partial charge on any atom is -0.350 e. The van der Waals surface area contributed by atoms with E-state index in [4.69, 9.17) is 0 Å². The molecule has 24 heavy (non-hydrogen) atoms. The summed E-state index contributed by atoms with van der Waals surface area (Å²) in [7, 11) is -3.60. The van der Waals surface area contributed by atoms with Crippen LogP contribution in [0.5, 0.6) is 0 Å². The number of carbonyl (C=O) groups is 1. The van der Waals surface area contributed by atoms with Gasteiger partial charge in [-0.15, -0.1) is 0 Å². The second-order valence-corrected chi connectivity index (χ2v) is 7.50. The third-order valence-corrected chi connectivity index (χ3v) is 4.83. The molecule has 0 aliphatic rings. The van der Waals surface area contributed by atoms with Crippen LogP contribution in [0.15, 0.2) is 48.8 Å². The normalized spacial score (nSPS) is 12.5. The zero-order valence-corrected chi connectivity index (χ0v) is 14.7. The summed E-state index contributed by atoms with van der Waals surface area (Å²) in [4.78, 5) is 16.3. The first-order valence-corrected chi connectivity index (χ1v) is 9.36. The second-order valence-electron chi connectivity index (χ2n) is 5.64. The SMILES string of the molecule is Cc1ccc(N([C@@H](C)C(=O)NCc2ccncc2)S(C)(=O)=O)cc1. The van der Waals surface area contributed by atoms with Crippen LogP contribution in [0.25, 0.3) is 0 Å². The molecule has 0 saturated carbocycles. The van der Waals surface area contributed by atoms with Crippen molar-refractivity contribution in [2.75, 3.05) is 10.6 Å². The van der Waals surface area contributed by atoms with E-state index in [2.05, 4.69) is 10.3 Å². The molecular weight excluding hydrogens is 326 g/mol. The highest BCUT2D eigenvalue weighted by molar-refractivity contribution is 7.92. The highest BCUT2D eigenvalue weighted by Gasteiger charge is 2.28. The molecule has 0 fully saturated rings. The quantitative estimate of drug-likeness (QED) is 0.865. The Labute approximate surface area is 142 Å². The number of nitrogens with one attached hydrogen (secondary N) is 1. The molecule has 1 N–H and O–H groups in total. The molecule has 6 nitrogen and oxygen atoms in total. The van der Waals surface area contributed by atoms with Gasteiger partial charge in [-0.05, 0) is 43.7 Å². The standard InChI is InChI=1S/C17H21N3O3S/c1-13-4-6-16(7-5-13)20(24(3,22)23)14(2)17(21)19-12-15-8-10-18-11-9-15/h4-11,14H,12H2,1-3H3,(H,19,21)/t14-/m0/s1. The van der Waals surface area contributed by atoms with Gasteiger partial charge in [-0.2, -0.15) is 0 Å². The molecule has 2 rings (SSSR count). The maximum Gasteiger partial charge on any atom is 0.243 e. The average Bonchev–Trinajstić information content (AvgIpc) is 2.54. The predicted molar refractivity (Wildman–Crippen MR) is 94.0 cm³/mol. The van der Waals surface area contributed by atoms with Gasteiger partial charge < -0.3 is 5.32 Å². The first-order chi connectivity index (χ1) is 11.3. The van der Waals surface area contributed by atoms with Gasteiger partial charge in [-0.1, -0.05) is 17.7 Å². The number of sulfonamides is 1. The van der Waals surface area contributed by atoms with E-state index >= 15 is 0 Å².